The van der Waals surface area contributed by atoms with Crippen LogP contribution in [0.1, 0.15) is 31.2 Å². The van der Waals surface area contributed by atoms with Gasteiger partial charge in [0.1, 0.15) is 5.78 Å². The van der Waals surface area contributed by atoms with Crippen molar-refractivity contribution in [2.75, 3.05) is 6.26 Å². The van der Waals surface area contributed by atoms with Crippen molar-refractivity contribution in [3.05, 3.63) is 43.0 Å². The summed E-state index contributed by atoms with van der Waals surface area (Å²) in [6.45, 7) is 6.00. The van der Waals surface area contributed by atoms with E-state index in [1.807, 2.05) is 30.5 Å². The Hall–Kier alpha value is -1.06. The van der Waals surface area contributed by atoms with Gasteiger partial charge in [-0.05, 0) is 36.8 Å². The average Bonchev–Trinajstić information content (AvgIpc) is 2.44. The minimum Gasteiger partial charge on any atom is -0.385 e. The van der Waals surface area contributed by atoms with E-state index < -0.39 is 5.60 Å². The van der Waals surface area contributed by atoms with Crippen LogP contribution in [0.3, 0.4) is 0 Å². The standard InChI is InChI=1S/C13H16O2S.C2H4/c1-16-12-4-2-3-10(9-12)13(15)7-5-11(14)6-8-13;1-2/h2-4,9,15H,5-8H2,1H3;1-2H2. The zero-order valence-corrected chi connectivity index (χ0v) is 11.6. The van der Waals surface area contributed by atoms with E-state index in [0.717, 1.165) is 10.5 Å². The van der Waals surface area contributed by atoms with Gasteiger partial charge in [0, 0.05) is 17.7 Å². The van der Waals surface area contributed by atoms with Crippen molar-refractivity contribution in [1.82, 2.24) is 0 Å². The third-order valence-electron chi connectivity index (χ3n) is 3.24. The van der Waals surface area contributed by atoms with Crippen LogP contribution in [-0.4, -0.2) is 17.1 Å². The average molecular weight is 264 g/mol. The molecular weight excluding hydrogens is 244 g/mol. The van der Waals surface area contributed by atoms with Crippen LogP contribution in [-0.2, 0) is 10.4 Å². The fourth-order valence-corrected chi connectivity index (χ4v) is 2.60. The van der Waals surface area contributed by atoms with Gasteiger partial charge in [-0.1, -0.05) is 12.1 Å². The van der Waals surface area contributed by atoms with E-state index in [0.29, 0.717) is 25.7 Å². The zero-order valence-electron chi connectivity index (χ0n) is 10.8. The highest BCUT2D eigenvalue weighted by Gasteiger charge is 2.33. The van der Waals surface area contributed by atoms with Gasteiger partial charge in [-0.3, -0.25) is 4.79 Å². The summed E-state index contributed by atoms with van der Waals surface area (Å²) in [6.07, 6.45) is 4.14. The molecule has 18 heavy (non-hydrogen) atoms. The lowest BCUT2D eigenvalue weighted by atomic mass is 9.79. The maximum Gasteiger partial charge on any atom is 0.133 e. The van der Waals surface area contributed by atoms with Gasteiger partial charge in [0.15, 0.2) is 0 Å². The van der Waals surface area contributed by atoms with E-state index in [-0.39, 0.29) is 5.78 Å². The molecule has 98 valence electrons. The minimum atomic E-state index is -0.792. The van der Waals surface area contributed by atoms with Crippen molar-refractivity contribution in [2.24, 2.45) is 0 Å². The lowest BCUT2D eigenvalue weighted by Gasteiger charge is -2.32. The Labute approximate surface area is 113 Å². The second kappa shape index (κ2) is 6.76. The summed E-state index contributed by atoms with van der Waals surface area (Å²) in [7, 11) is 0. The van der Waals surface area contributed by atoms with Gasteiger partial charge in [0.05, 0.1) is 5.60 Å². The van der Waals surface area contributed by atoms with E-state index in [1.54, 1.807) is 11.8 Å². The van der Waals surface area contributed by atoms with E-state index >= 15 is 0 Å². The maximum atomic E-state index is 11.2. The molecule has 1 N–H and O–H groups in total. The molecule has 0 radical (unpaired) electrons. The molecule has 3 heteroatoms. The first kappa shape index (κ1) is 15.0. The summed E-state index contributed by atoms with van der Waals surface area (Å²) in [5, 5.41) is 10.5. The summed E-state index contributed by atoms with van der Waals surface area (Å²) in [6, 6.07) is 7.98. The summed E-state index contributed by atoms with van der Waals surface area (Å²) < 4.78 is 0. The van der Waals surface area contributed by atoms with Gasteiger partial charge < -0.3 is 5.11 Å². The molecule has 1 aliphatic rings. The van der Waals surface area contributed by atoms with Gasteiger partial charge in [-0.2, -0.15) is 0 Å². The molecule has 1 aliphatic carbocycles. The van der Waals surface area contributed by atoms with E-state index in [4.69, 9.17) is 0 Å². The normalized spacial score (nSPS) is 17.8. The second-order valence-corrected chi connectivity index (χ2v) is 5.18. The molecule has 2 rings (SSSR count). The summed E-state index contributed by atoms with van der Waals surface area (Å²) in [5.74, 6) is 0.269. The largest absolute Gasteiger partial charge is 0.385 e. The number of hydrogen-bond donors (Lipinski definition) is 1. The van der Waals surface area contributed by atoms with Crippen molar-refractivity contribution in [3.63, 3.8) is 0 Å². The summed E-state index contributed by atoms with van der Waals surface area (Å²) >= 11 is 1.67. The Kier molecular flexibility index (Phi) is 5.63. The fourth-order valence-electron chi connectivity index (χ4n) is 2.14. The fraction of sp³-hybridized carbons (Fsp3) is 0.400. The van der Waals surface area contributed by atoms with Gasteiger partial charge >= 0.3 is 0 Å². The van der Waals surface area contributed by atoms with Crippen molar-refractivity contribution >= 4 is 17.5 Å². The number of hydrogen-bond acceptors (Lipinski definition) is 3. The van der Waals surface area contributed by atoms with Gasteiger partial charge in [-0.15, -0.1) is 24.9 Å². The second-order valence-electron chi connectivity index (χ2n) is 4.30. The van der Waals surface area contributed by atoms with Crippen LogP contribution in [0.5, 0.6) is 0 Å². The smallest absolute Gasteiger partial charge is 0.133 e. The number of rotatable bonds is 2. The molecule has 2 nitrogen and oxygen atoms in total. The molecule has 0 bridgehead atoms. The summed E-state index contributed by atoms with van der Waals surface area (Å²) in [4.78, 5) is 12.3. The molecule has 1 aromatic rings. The lowest BCUT2D eigenvalue weighted by molar-refractivity contribution is -0.125. The third-order valence-corrected chi connectivity index (χ3v) is 3.97. The first-order valence-electron chi connectivity index (χ1n) is 6.03. The lowest BCUT2D eigenvalue weighted by Crippen LogP contribution is -2.31. The monoisotopic (exact) mass is 264 g/mol. The number of benzene rings is 1. The molecule has 0 heterocycles. The van der Waals surface area contributed by atoms with Crippen LogP contribution in [0.4, 0.5) is 0 Å². The van der Waals surface area contributed by atoms with Crippen LogP contribution in [0.15, 0.2) is 42.3 Å². The van der Waals surface area contributed by atoms with Crippen molar-refractivity contribution in [1.29, 1.82) is 0 Å². The molecule has 0 spiro atoms. The van der Waals surface area contributed by atoms with Gasteiger partial charge in [-0.25, -0.2) is 0 Å². The van der Waals surface area contributed by atoms with Crippen LogP contribution >= 0.6 is 11.8 Å². The predicted molar refractivity (Wildman–Crippen MR) is 76.8 cm³/mol. The van der Waals surface area contributed by atoms with Crippen LogP contribution in [0, 0.1) is 0 Å². The first-order valence-corrected chi connectivity index (χ1v) is 7.25. The number of carbonyl (C=O) groups is 1. The number of ketones is 1. The summed E-state index contributed by atoms with van der Waals surface area (Å²) in [5.41, 5.74) is 0.159. The van der Waals surface area contributed by atoms with Crippen molar-refractivity contribution in [2.45, 2.75) is 36.2 Å². The predicted octanol–water partition coefficient (Wildman–Crippen LogP) is 3.54. The van der Waals surface area contributed by atoms with Crippen LogP contribution < -0.4 is 0 Å². The van der Waals surface area contributed by atoms with Gasteiger partial charge in [0.2, 0.25) is 0 Å². The number of thioether (sulfide) groups is 1. The van der Waals surface area contributed by atoms with Gasteiger partial charge in [0.25, 0.3) is 0 Å². The zero-order chi connectivity index (χ0) is 13.6. The highest BCUT2D eigenvalue weighted by Crippen LogP contribution is 2.36. The molecule has 0 unspecified atom stereocenters. The Morgan fingerprint density at radius 2 is 1.89 bits per heavy atom. The Morgan fingerprint density at radius 3 is 2.44 bits per heavy atom. The molecular formula is C15H20O2S. The molecule has 0 amide bonds. The van der Waals surface area contributed by atoms with E-state index in [2.05, 4.69) is 13.2 Å². The molecule has 1 aromatic carbocycles. The first-order chi connectivity index (χ1) is 8.64. The minimum absolute atomic E-state index is 0.269. The maximum absolute atomic E-state index is 11.2. The van der Waals surface area contributed by atoms with E-state index in [9.17, 15) is 9.90 Å². The SMILES string of the molecule is C=C.CSc1cccc(C2(O)CCC(=O)CC2)c1. The number of Topliss-reactive ketones (excluding diaryl/α,β-unsaturated/α-hetero) is 1. The highest BCUT2D eigenvalue weighted by atomic mass is 32.2. The van der Waals surface area contributed by atoms with Crippen molar-refractivity contribution in [3.8, 4) is 0 Å². The molecule has 0 aromatic heterocycles. The molecule has 1 saturated carbocycles. The number of carbonyl (C=O) groups excluding carboxylic acids is 1. The number of aliphatic hydroxyl groups is 1. The molecule has 0 aliphatic heterocycles. The molecule has 1 fully saturated rings. The molecule has 0 saturated heterocycles. The molecule has 0 atom stereocenters. The Balaban J connectivity index is 0.000000771. The quantitative estimate of drug-likeness (QED) is 0.655. The third kappa shape index (κ3) is 3.47. The Morgan fingerprint density at radius 1 is 1.28 bits per heavy atom. The highest BCUT2D eigenvalue weighted by molar-refractivity contribution is 7.98. The van der Waals surface area contributed by atoms with Crippen LogP contribution in [0.25, 0.3) is 0 Å². The Bertz CT molecular complexity index is 405. The van der Waals surface area contributed by atoms with Crippen molar-refractivity contribution < 1.29 is 9.90 Å². The van der Waals surface area contributed by atoms with E-state index in [1.165, 1.54) is 0 Å². The topological polar surface area (TPSA) is 37.3 Å². The van der Waals surface area contributed by atoms with Crippen LogP contribution in [0.2, 0.25) is 0 Å².